The molecule has 1 aliphatic heterocycles. The van der Waals surface area contributed by atoms with E-state index >= 15 is 0 Å². The number of rotatable bonds is 3. The van der Waals surface area contributed by atoms with Gasteiger partial charge in [0.05, 0.1) is 6.10 Å². The number of hydrogen-bond donors (Lipinski definition) is 2. The van der Waals surface area contributed by atoms with Crippen LogP contribution in [0.3, 0.4) is 0 Å². The molecule has 0 bridgehead atoms. The van der Waals surface area contributed by atoms with Crippen molar-refractivity contribution >= 4 is 5.91 Å². The Morgan fingerprint density at radius 2 is 1.61 bits per heavy atom. The monoisotopic (exact) mass is 322 g/mol. The molecule has 1 heterocycles. The molecule has 2 aliphatic carbocycles. The molecule has 3 fully saturated rings. The molecule has 4 heteroatoms. The molecule has 0 aromatic carbocycles. The predicted octanol–water partition coefficient (Wildman–Crippen LogP) is 2.70. The van der Waals surface area contributed by atoms with E-state index in [1.54, 1.807) is 0 Å². The van der Waals surface area contributed by atoms with Gasteiger partial charge in [0.2, 0.25) is 5.91 Å². The number of carbonyl (C=O) groups excluding carboxylic acids is 1. The predicted molar refractivity (Wildman–Crippen MR) is 92.1 cm³/mol. The van der Waals surface area contributed by atoms with Gasteiger partial charge in [0.1, 0.15) is 0 Å². The highest BCUT2D eigenvalue weighted by molar-refractivity contribution is 5.79. The fourth-order valence-electron chi connectivity index (χ4n) is 4.73. The summed E-state index contributed by atoms with van der Waals surface area (Å²) in [6, 6.07) is 0.707. The third kappa shape index (κ3) is 4.48. The van der Waals surface area contributed by atoms with Gasteiger partial charge in [-0.2, -0.15) is 0 Å². The number of piperidine rings is 1. The first-order valence-electron chi connectivity index (χ1n) is 9.86. The maximum Gasteiger partial charge on any atom is 0.223 e. The SMILES string of the molecule is CC1CCC(C(=O)NC2CCN(C3CCCCC3O)CC2)CC1. The molecule has 0 spiro atoms. The third-order valence-electron chi connectivity index (χ3n) is 6.43. The summed E-state index contributed by atoms with van der Waals surface area (Å²) in [4.78, 5) is 14.9. The second-order valence-electron chi connectivity index (χ2n) is 8.19. The minimum absolute atomic E-state index is 0.140. The highest BCUT2D eigenvalue weighted by atomic mass is 16.3. The molecule has 2 unspecified atom stereocenters. The molecule has 1 saturated heterocycles. The van der Waals surface area contributed by atoms with E-state index in [1.165, 1.54) is 25.7 Å². The van der Waals surface area contributed by atoms with E-state index in [1.807, 2.05) is 0 Å². The number of nitrogens with zero attached hydrogens (tertiary/aromatic N) is 1. The van der Waals surface area contributed by atoms with Gasteiger partial charge >= 0.3 is 0 Å². The van der Waals surface area contributed by atoms with Crippen LogP contribution in [0.15, 0.2) is 0 Å². The van der Waals surface area contributed by atoms with Gasteiger partial charge in [-0.05, 0) is 57.3 Å². The fraction of sp³-hybridized carbons (Fsp3) is 0.947. The lowest BCUT2D eigenvalue weighted by Gasteiger charge is -2.42. The van der Waals surface area contributed by atoms with Crippen LogP contribution >= 0.6 is 0 Å². The Morgan fingerprint density at radius 1 is 0.957 bits per heavy atom. The van der Waals surface area contributed by atoms with Crippen molar-refractivity contribution < 1.29 is 9.90 Å². The number of aliphatic hydroxyl groups excluding tert-OH is 1. The maximum atomic E-state index is 12.4. The van der Waals surface area contributed by atoms with Crippen LogP contribution in [0.1, 0.15) is 71.1 Å². The van der Waals surface area contributed by atoms with Gasteiger partial charge in [0.25, 0.3) is 0 Å². The maximum absolute atomic E-state index is 12.4. The van der Waals surface area contributed by atoms with Crippen molar-refractivity contribution in [1.29, 1.82) is 0 Å². The minimum atomic E-state index is -0.140. The minimum Gasteiger partial charge on any atom is -0.391 e. The normalized spacial score (nSPS) is 37.5. The summed E-state index contributed by atoms with van der Waals surface area (Å²) in [6.07, 6.45) is 11.0. The van der Waals surface area contributed by atoms with Crippen LogP contribution in [0.25, 0.3) is 0 Å². The molecule has 2 saturated carbocycles. The van der Waals surface area contributed by atoms with E-state index in [4.69, 9.17) is 0 Å². The molecule has 2 atom stereocenters. The molecule has 23 heavy (non-hydrogen) atoms. The Kier molecular flexibility index (Phi) is 5.97. The van der Waals surface area contributed by atoms with Crippen LogP contribution in [0, 0.1) is 11.8 Å². The number of nitrogens with one attached hydrogen (secondary N) is 1. The van der Waals surface area contributed by atoms with Crippen molar-refractivity contribution in [2.75, 3.05) is 13.1 Å². The number of likely N-dealkylation sites (tertiary alicyclic amines) is 1. The topological polar surface area (TPSA) is 52.6 Å². The molecular weight excluding hydrogens is 288 g/mol. The lowest BCUT2D eigenvalue weighted by Crippen LogP contribution is -2.52. The van der Waals surface area contributed by atoms with Crippen molar-refractivity contribution in [3.8, 4) is 0 Å². The molecule has 2 N–H and O–H groups in total. The van der Waals surface area contributed by atoms with Crippen molar-refractivity contribution in [2.24, 2.45) is 11.8 Å². The fourth-order valence-corrected chi connectivity index (χ4v) is 4.73. The van der Waals surface area contributed by atoms with Crippen LogP contribution in [0.2, 0.25) is 0 Å². The average Bonchev–Trinajstić information content (AvgIpc) is 2.57. The van der Waals surface area contributed by atoms with E-state index < -0.39 is 0 Å². The van der Waals surface area contributed by atoms with Crippen molar-refractivity contribution in [3.63, 3.8) is 0 Å². The molecule has 1 amide bonds. The molecule has 0 aromatic rings. The molecule has 0 radical (unpaired) electrons. The second kappa shape index (κ2) is 7.98. The molecule has 3 rings (SSSR count). The van der Waals surface area contributed by atoms with Crippen LogP contribution < -0.4 is 5.32 Å². The first-order chi connectivity index (χ1) is 11.1. The number of amides is 1. The quantitative estimate of drug-likeness (QED) is 0.840. The second-order valence-corrected chi connectivity index (χ2v) is 8.19. The highest BCUT2D eigenvalue weighted by Crippen LogP contribution is 2.29. The zero-order valence-corrected chi connectivity index (χ0v) is 14.7. The van der Waals surface area contributed by atoms with E-state index in [0.717, 1.165) is 57.5 Å². The van der Waals surface area contributed by atoms with Crippen molar-refractivity contribution in [1.82, 2.24) is 10.2 Å². The van der Waals surface area contributed by atoms with Gasteiger partial charge in [-0.3, -0.25) is 9.69 Å². The van der Waals surface area contributed by atoms with Gasteiger partial charge in [-0.25, -0.2) is 0 Å². The molecule has 4 nitrogen and oxygen atoms in total. The summed E-state index contributed by atoms with van der Waals surface area (Å²) in [7, 11) is 0. The first-order valence-corrected chi connectivity index (χ1v) is 9.86. The molecule has 0 aromatic heterocycles. The summed E-state index contributed by atoms with van der Waals surface area (Å²) < 4.78 is 0. The van der Waals surface area contributed by atoms with Gasteiger partial charge in [-0.1, -0.05) is 19.8 Å². The van der Waals surface area contributed by atoms with Crippen LogP contribution in [-0.4, -0.2) is 47.2 Å². The van der Waals surface area contributed by atoms with Crippen LogP contribution in [-0.2, 0) is 4.79 Å². The Hall–Kier alpha value is -0.610. The van der Waals surface area contributed by atoms with E-state index in [-0.39, 0.29) is 12.0 Å². The molecule has 132 valence electrons. The summed E-state index contributed by atoms with van der Waals surface area (Å²) in [5.74, 6) is 1.35. The zero-order chi connectivity index (χ0) is 16.2. The van der Waals surface area contributed by atoms with Crippen LogP contribution in [0.4, 0.5) is 0 Å². The van der Waals surface area contributed by atoms with Gasteiger partial charge in [0, 0.05) is 31.1 Å². The highest BCUT2D eigenvalue weighted by Gasteiger charge is 2.32. The van der Waals surface area contributed by atoms with Gasteiger partial charge in [-0.15, -0.1) is 0 Å². The first kappa shape index (κ1) is 17.2. The standard InChI is InChI=1S/C19H34N2O2/c1-14-6-8-15(9-7-14)19(23)20-16-10-12-21(13-11-16)17-4-2-3-5-18(17)22/h14-18,22H,2-13H2,1H3,(H,20,23). The lowest BCUT2D eigenvalue weighted by atomic mass is 9.82. The molecule has 3 aliphatic rings. The zero-order valence-electron chi connectivity index (χ0n) is 14.7. The third-order valence-corrected chi connectivity index (χ3v) is 6.43. The Morgan fingerprint density at radius 3 is 2.26 bits per heavy atom. The summed E-state index contributed by atoms with van der Waals surface area (Å²) in [6.45, 7) is 4.34. The van der Waals surface area contributed by atoms with Crippen LogP contribution in [0.5, 0.6) is 0 Å². The smallest absolute Gasteiger partial charge is 0.223 e. The average molecular weight is 322 g/mol. The molecular formula is C19H34N2O2. The summed E-state index contributed by atoms with van der Waals surface area (Å²) in [5.41, 5.74) is 0. The van der Waals surface area contributed by atoms with E-state index in [2.05, 4.69) is 17.1 Å². The Balaban J connectivity index is 1.41. The van der Waals surface area contributed by atoms with Crippen molar-refractivity contribution in [3.05, 3.63) is 0 Å². The van der Waals surface area contributed by atoms with E-state index in [9.17, 15) is 9.90 Å². The number of aliphatic hydroxyl groups is 1. The summed E-state index contributed by atoms with van der Waals surface area (Å²) in [5, 5.41) is 13.5. The lowest BCUT2D eigenvalue weighted by molar-refractivity contribution is -0.127. The van der Waals surface area contributed by atoms with E-state index in [0.29, 0.717) is 18.0 Å². The Labute approximate surface area is 141 Å². The Bertz CT molecular complexity index is 385. The number of carbonyl (C=O) groups is 1. The number of hydrogen-bond acceptors (Lipinski definition) is 3. The van der Waals surface area contributed by atoms with Gasteiger partial charge < -0.3 is 10.4 Å². The summed E-state index contributed by atoms with van der Waals surface area (Å²) >= 11 is 0. The van der Waals surface area contributed by atoms with Gasteiger partial charge in [0.15, 0.2) is 0 Å². The van der Waals surface area contributed by atoms with Crippen molar-refractivity contribution in [2.45, 2.75) is 89.3 Å². The largest absolute Gasteiger partial charge is 0.391 e.